The molecular weight excluding hydrogens is 164 g/mol. The van der Waals surface area contributed by atoms with Gasteiger partial charge in [0.15, 0.2) is 0 Å². The summed E-state index contributed by atoms with van der Waals surface area (Å²) >= 11 is 0. The van der Waals surface area contributed by atoms with E-state index < -0.39 is 0 Å². The first kappa shape index (κ1) is 10.5. The van der Waals surface area contributed by atoms with Gasteiger partial charge in [0.25, 0.3) is 0 Å². The number of amides is 1. The van der Waals surface area contributed by atoms with E-state index >= 15 is 0 Å². The molecule has 0 unspecified atom stereocenters. The SMILES string of the molecule is CCC(C)(C)N1CCN(C)CC1=O. The van der Waals surface area contributed by atoms with Crippen molar-refractivity contribution in [3.8, 4) is 0 Å². The molecule has 76 valence electrons. The lowest BCUT2D eigenvalue weighted by Crippen LogP contribution is -2.56. The van der Waals surface area contributed by atoms with Crippen LogP contribution in [0.3, 0.4) is 0 Å². The Balaban J connectivity index is 2.66. The lowest BCUT2D eigenvalue weighted by Gasteiger charge is -2.42. The highest BCUT2D eigenvalue weighted by atomic mass is 16.2. The molecule has 1 rings (SSSR count). The fourth-order valence-corrected chi connectivity index (χ4v) is 1.62. The molecule has 0 saturated carbocycles. The van der Waals surface area contributed by atoms with Crippen molar-refractivity contribution < 1.29 is 4.79 Å². The van der Waals surface area contributed by atoms with Gasteiger partial charge in [-0.3, -0.25) is 9.69 Å². The molecular formula is C10H20N2O. The van der Waals surface area contributed by atoms with Gasteiger partial charge >= 0.3 is 0 Å². The largest absolute Gasteiger partial charge is 0.335 e. The van der Waals surface area contributed by atoms with Crippen molar-refractivity contribution in [2.24, 2.45) is 0 Å². The first-order chi connectivity index (χ1) is 5.97. The minimum absolute atomic E-state index is 0.0261. The van der Waals surface area contributed by atoms with Crippen LogP contribution in [0.4, 0.5) is 0 Å². The minimum Gasteiger partial charge on any atom is -0.335 e. The average molecular weight is 184 g/mol. The summed E-state index contributed by atoms with van der Waals surface area (Å²) in [6.45, 7) is 8.84. The van der Waals surface area contributed by atoms with Crippen molar-refractivity contribution in [1.29, 1.82) is 0 Å². The van der Waals surface area contributed by atoms with Crippen LogP contribution in [0.1, 0.15) is 27.2 Å². The number of piperazine rings is 1. The normalized spacial score (nSPS) is 20.9. The predicted octanol–water partition coefficient (Wildman–Crippen LogP) is 0.949. The van der Waals surface area contributed by atoms with Gasteiger partial charge in [-0.05, 0) is 27.3 Å². The van der Waals surface area contributed by atoms with E-state index in [1.807, 2.05) is 11.9 Å². The van der Waals surface area contributed by atoms with Crippen LogP contribution < -0.4 is 0 Å². The Labute approximate surface area is 80.7 Å². The molecule has 0 aromatic rings. The van der Waals surface area contributed by atoms with Crippen LogP contribution >= 0.6 is 0 Å². The van der Waals surface area contributed by atoms with Gasteiger partial charge in [0.2, 0.25) is 5.91 Å². The topological polar surface area (TPSA) is 23.6 Å². The molecule has 0 N–H and O–H groups in total. The number of carbonyl (C=O) groups is 1. The van der Waals surface area contributed by atoms with Gasteiger partial charge in [-0.1, -0.05) is 6.92 Å². The van der Waals surface area contributed by atoms with Crippen LogP contribution in [0.5, 0.6) is 0 Å². The molecule has 0 spiro atoms. The first-order valence-corrected chi connectivity index (χ1v) is 4.96. The Kier molecular flexibility index (Phi) is 2.96. The number of nitrogens with zero attached hydrogens (tertiary/aromatic N) is 2. The van der Waals surface area contributed by atoms with E-state index in [0.717, 1.165) is 19.5 Å². The zero-order valence-corrected chi connectivity index (χ0v) is 9.13. The summed E-state index contributed by atoms with van der Waals surface area (Å²) in [4.78, 5) is 15.8. The Morgan fingerprint density at radius 2 is 2.00 bits per heavy atom. The van der Waals surface area contributed by atoms with Crippen LogP contribution in [0, 0.1) is 0 Å². The Hall–Kier alpha value is -0.570. The molecule has 0 aromatic heterocycles. The lowest BCUT2D eigenvalue weighted by atomic mass is 9.98. The standard InChI is InChI=1S/C10H20N2O/c1-5-10(2,3)12-7-6-11(4)8-9(12)13/h5-8H2,1-4H3. The van der Waals surface area contributed by atoms with Crippen LogP contribution in [0.15, 0.2) is 0 Å². The Morgan fingerprint density at radius 1 is 1.38 bits per heavy atom. The van der Waals surface area contributed by atoms with Crippen molar-refractivity contribution in [3.63, 3.8) is 0 Å². The summed E-state index contributed by atoms with van der Waals surface area (Å²) < 4.78 is 0. The first-order valence-electron chi connectivity index (χ1n) is 4.96. The maximum absolute atomic E-state index is 11.7. The number of rotatable bonds is 2. The van der Waals surface area contributed by atoms with Crippen molar-refractivity contribution in [2.75, 3.05) is 26.7 Å². The highest BCUT2D eigenvalue weighted by Gasteiger charge is 2.32. The van der Waals surface area contributed by atoms with Crippen molar-refractivity contribution in [3.05, 3.63) is 0 Å². The summed E-state index contributed by atoms with van der Waals surface area (Å²) in [6.07, 6.45) is 1.02. The molecule has 1 fully saturated rings. The second kappa shape index (κ2) is 3.66. The van der Waals surface area contributed by atoms with E-state index in [1.165, 1.54) is 0 Å². The van der Waals surface area contributed by atoms with E-state index in [1.54, 1.807) is 0 Å². The molecule has 1 amide bonds. The average Bonchev–Trinajstić information content (AvgIpc) is 2.03. The molecule has 0 radical (unpaired) electrons. The van der Waals surface area contributed by atoms with Gasteiger partial charge in [-0.15, -0.1) is 0 Å². The molecule has 0 aromatic carbocycles. The molecule has 0 atom stereocenters. The summed E-state index contributed by atoms with van der Waals surface area (Å²) in [5.41, 5.74) is 0.0261. The van der Waals surface area contributed by atoms with Crippen molar-refractivity contribution in [2.45, 2.75) is 32.7 Å². The number of likely N-dealkylation sites (N-methyl/N-ethyl adjacent to an activating group) is 1. The maximum atomic E-state index is 11.7. The van der Waals surface area contributed by atoms with Crippen LogP contribution in [0.2, 0.25) is 0 Å². The monoisotopic (exact) mass is 184 g/mol. The molecule has 3 nitrogen and oxygen atoms in total. The second-order valence-corrected chi connectivity index (χ2v) is 4.45. The van der Waals surface area contributed by atoms with E-state index in [2.05, 4.69) is 25.7 Å². The Bertz CT molecular complexity index is 201. The minimum atomic E-state index is 0.0261. The van der Waals surface area contributed by atoms with E-state index in [9.17, 15) is 4.79 Å². The summed E-state index contributed by atoms with van der Waals surface area (Å²) in [7, 11) is 1.99. The Morgan fingerprint density at radius 3 is 2.46 bits per heavy atom. The highest BCUT2D eigenvalue weighted by molar-refractivity contribution is 5.79. The highest BCUT2D eigenvalue weighted by Crippen LogP contribution is 2.20. The third-order valence-electron chi connectivity index (χ3n) is 3.01. The molecule has 1 heterocycles. The van der Waals surface area contributed by atoms with Crippen molar-refractivity contribution >= 4 is 5.91 Å². The summed E-state index contributed by atoms with van der Waals surface area (Å²) in [5.74, 6) is 0.264. The fourth-order valence-electron chi connectivity index (χ4n) is 1.62. The van der Waals surface area contributed by atoms with Gasteiger partial charge < -0.3 is 4.90 Å². The molecule has 1 aliphatic rings. The van der Waals surface area contributed by atoms with Crippen LogP contribution in [0.25, 0.3) is 0 Å². The quantitative estimate of drug-likeness (QED) is 0.638. The lowest BCUT2D eigenvalue weighted by molar-refractivity contribution is -0.141. The third kappa shape index (κ3) is 2.21. The number of hydrogen-bond acceptors (Lipinski definition) is 2. The van der Waals surface area contributed by atoms with Crippen molar-refractivity contribution in [1.82, 2.24) is 9.80 Å². The molecule has 13 heavy (non-hydrogen) atoms. The van der Waals surface area contributed by atoms with E-state index in [0.29, 0.717) is 6.54 Å². The number of carbonyl (C=O) groups excluding carboxylic acids is 1. The predicted molar refractivity (Wildman–Crippen MR) is 53.6 cm³/mol. The van der Waals surface area contributed by atoms with Gasteiger partial charge in [0, 0.05) is 18.6 Å². The zero-order valence-electron chi connectivity index (χ0n) is 9.13. The summed E-state index contributed by atoms with van der Waals surface area (Å²) in [5, 5.41) is 0. The van der Waals surface area contributed by atoms with Gasteiger partial charge in [0.1, 0.15) is 0 Å². The van der Waals surface area contributed by atoms with E-state index in [4.69, 9.17) is 0 Å². The maximum Gasteiger partial charge on any atom is 0.237 e. The van der Waals surface area contributed by atoms with Gasteiger partial charge in [-0.2, -0.15) is 0 Å². The fraction of sp³-hybridized carbons (Fsp3) is 0.900. The van der Waals surface area contributed by atoms with E-state index in [-0.39, 0.29) is 11.4 Å². The molecule has 0 aliphatic carbocycles. The van der Waals surface area contributed by atoms with Gasteiger partial charge in [0.05, 0.1) is 6.54 Å². The number of hydrogen-bond donors (Lipinski definition) is 0. The van der Waals surface area contributed by atoms with Crippen LogP contribution in [-0.4, -0.2) is 47.9 Å². The molecule has 3 heteroatoms. The smallest absolute Gasteiger partial charge is 0.237 e. The summed E-state index contributed by atoms with van der Waals surface area (Å²) in [6, 6.07) is 0. The van der Waals surface area contributed by atoms with Crippen LogP contribution in [-0.2, 0) is 4.79 Å². The molecule has 1 aliphatic heterocycles. The second-order valence-electron chi connectivity index (χ2n) is 4.45. The molecule has 1 saturated heterocycles. The zero-order chi connectivity index (χ0) is 10.1. The molecule has 0 bridgehead atoms. The van der Waals surface area contributed by atoms with Gasteiger partial charge in [-0.25, -0.2) is 0 Å². The third-order valence-corrected chi connectivity index (χ3v) is 3.01.